The van der Waals surface area contributed by atoms with Crippen LogP contribution in [0.5, 0.6) is 5.75 Å². The first-order valence-corrected chi connectivity index (χ1v) is 6.50. The van der Waals surface area contributed by atoms with Crippen molar-refractivity contribution in [2.24, 2.45) is 11.7 Å². The van der Waals surface area contributed by atoms with Crippen molar-refractivity contribution in [2.75, 3.05) is 6.61 Å². The highest BCUT2D eigenvalue weighted by Crippen LogP contribution is 2.27. The zero-order chi connectivity index (χ0) is 13.8. The van der Waals surface area contributed by atoms with Crippen molar-refractivity contribution in [3.63, 3.8) is 0 Å². The molecule has 0 aliphatic carbocycles. The third-order valence-electron chi connectivity index (χ3n) is 2.91. The summed E-state index contributed by atoms with van der Waals surface area (Å²) in [5.41, 5.74) is 8.38. The zero-order valence-electron chi connectivity index (χ0n) is 11.6. The molecule has 19 heavy (non-hydrogen) atoms. The summed E-state index contributed by atoms with van der Waals surface area (Å²) in [5, 5.41) is 3.96. The molecule has 2 rings (SSSR count). The van der Waals surface area contributed by atoms with Gasteiger partial charge in [-0.1, -0.05) is 19.0 Å². The average molecular weight is 260 g/mol. The van der Waals surface area contributed by atoms with Crippen LogP contribution in [0.1, 0.15) is 25.1 Å². The number of benzene rings is 1. The standard InChI is InChI=1S/C15H20N2O2/c1-10(2)9-18-13-6-4-12(5-7-13)15-11(3)14(8-16)17-19-15/h4-7,10H,8-9,16H2,1-3H3. The lowest BCUT2D eigenvalue weighted by molar-refractivity contribution is 0.271. The molecule has 0 aliphatic rings. The number of aromatic nitrogens is 1. The average Bonchev–Trinajstić information content (AvgIpc) is 2.78. The summed E-state index contributed by atoms with van der Waals surface area (Å²) in [6.07, 6.45) is 0. The summed E-state index contributed by atoms with van der Waals surface area (Å²) < 4.78 is 11.0. The van der Waals surface area contributed by atoms with Gasteiger partial charge in [0.05, 0.1) is 6.61 Å². The van der Waals surface area contributed by atoms with Crippen LogP contribution in [-0.4, -0.2) is 11.8 Å². The summed E-state index contributed by atoms with van der Waals surface area (Å²) in [7, 11) is 0. The number of nitrogens with two attached hydrogens (primary N) is 1. The van der Waals surface area contributed by atoms with E-state index in [-0.39, 0.29) is 0 Å². The Kier molecular flexibility index (Phi) is 4.22. The van der Waals surface area contributed by atoms with Gasteiger partial charge in [-0.15, -0.1) is 0 Å². The van der Waals surface area contributed by atoms with Crippen LogP contribution in [0, 0.1) is 12.8 Å². The predicted molar refractivity (Wildman–Crippen MR) is 74.9 cm³/mol. The molecular formula is C15H20N2O2. The Morgan fingerprint density at radius 2 is 1.95 bits per heavy atom. The molecule has 0 spiro atoms. The molecule has 0 saturated carbocycles. The Morgan fingerprint density at radius 3 is 2.47 bits per heavy atom. The van der Waals surface area contributed by atoms with Gasteiger partial charge in [-0.05, 0) is 37.1 Å². The minimum Gasteiger partial charge on any atom is -0.493 e. The van der Waals surface area contributed by atoms with Crippen LogP contribution < -0.4 is 10.5 Å². The fourth-order valence-corrected chi connectivity index (χ4v) is 1.79. The second-order valence-electron chi connectivity index (χ2n) is 5.02. The third-order valence-corrected chi connectivity index (χ3v) is 2.91. The lowest BCUT2D eigenvalue weighted by Crippen LogP contribution is -2.04. The van der Waals surface area contributed by atoms with E-state index >= 15 is 0 Å². The summed E-state index contributed by atoms with van der Waals surface area (Å²) in [6.45, 7) is 7.33. The van der Waals surface area contributed by atoms with Gasteiger partial charge in [-0.25, -0.2) is 0 Å². The summed E-state index contributed by atoms with van der Waals surface area (Å²) >= 11 is 0. The number of nitrogens with zero attached hydrogens (tertiary/aromatic N) is 1. The Morgan fingerprint density at radius 1 is 1.26 bits per heavy atom. The fraction of sp³-hybridized carbons (Fsp3) is 0.400. The highest BCUT2D eigenvalue weighted by molar-refractivity contribution is 5.62. The van der Waals surface area contributed by atoms with Crippen LogP contribution in [-0.2, 0) is 6.54 Å². The van der Waals surface area contributed by atoms with Crippen molar-refractivity contribution in [1.82, 2.24) is 5.16 Å². The summed E-state index contributed by atoms with van der Waals surface area (Å²) in [6, 6.07) is 7.84. The molecule has 0 atom stereocenters. The van der Waals surface area contributed by atoms with E-state index < -0.39 is 0 Å². The minimum absolute atomic E-state index is 0.394. The van der Waals surface area contributed by atoms with Gasteiger partial charge in [0.15, 0.2) is 5.76 Å². The number of hydrogen-bond acceptors (Lipinski definition) is 4. The second kappa shape index (κ2) is 5.89. The molecule has 0 radical (unpaired) electrons. The van der Waals surface area contributed by atoms with Crippen molar-refractivity contribution in [2.45, 2.75) is 27.3 Å². The molecule has 2 aromatic rings. The van der Waals surface area contributed by atoms with E-state index in [1.807, 2.05) is 31.2 Å². The fourth-order valence-electron chi connectivity index (χ4n) is 1.79. The first-order chi connectivity index (χ1) is 9.11. The molecule has 0 fully saturated rings. The molecule has 2 N–H and O–H groups in total. The highest BCUT2D eigenvalue weighted by atomic mass is 16.5. The van der Waals surface area contributed by atoms with E-state index in [1.54, 1.807) is 0 Å². The largest absolute Gasteiger partial charge is 0.493 e. The van der Waals surface area contributed by atoms with Crippen LogP contribution >= 0.6 is 0 Å². The van der Waals surface area contributed by atoms with Crippen LogP contribution in [0.15, 0.2) is 28.8 Å². The molecule has 1 heterocycles. The molecule has 1 aromatic heterocycles. The van der Waals surface area contributed by atoms with E-state index in [2.05, 4.69) is 19.0 Å². The van der Waals surface area contributed by atoms with E-state index in [0.29, 0.717) is 12.5 Å². The first-order valence-electron chi connectivity index (χ1n) is 6.50. The topological polar surface area (TPSA) is 61.3 Å². The van der Waals surface area contributed by atoms with Crippen molar-refractivity contribution >= 4 is 0 Å². The van der Waals surface area contributed by atoms with E-state index in [1.165, 1.54) is 0 Å². The molecule has 0 aliphatic heterocycles. The number of ether oxygens (including phenoxy) is 1. The SMILES string of the molecule is Cc1c(CN)noc1-c1ccc(OCC(C)C)cc1. The lowest BCUT2D eigenvalue weighted by atomic mass is 10.1. The maximum Gasteiger partial charge on any atom is 0.170 e. The Hall–Kier alpha value is -1.81. The zero-order valence-corrected chi connectivity index (χ0v) is 11.6. The second-order valence-corrected chi connectivity index (χ2v) is 5.02. The van der Waals surface area contributed by atoms with Gasteiger partial charge in [0.25, 0.3) is 0 Å². The molecule has 4 heteroatoms. The van der Waals surface area contributed by atoms with Gasteiger partial charge in [-0.3, -0.25) is 0 Å². The van der Waals surface area contributed by atoms with Gasteiger partial charge in [0, 0.05) is 17.7 Å². The predicted octanol–water partition coefficient (Wildman–Crippen LogP) is 3.14. The van der Waals surface area contributed by atoms with Gasteiger partial charge >= 0.3 is 0 Å². The molecule has 4 nitrogen and oxygen atoms in total. The van der Waals surface area contributed by atoms with Gasteiger partial charge in [-0.2, -0.15) is 0 Å². The van der Waals surface area contributed by atoms with Gasteiger partial charge < -0.3 is 15.0 Å². The lowest BCUT2D eigenvalue weighted by Gasteiger charge is -2.08. The first kappa shape index (κ1) is 13.6. The Bertz CT molecular complexity index is 530. The third kappa shape index (κ3) is 3.15. The minimum atomic E-state index is 0.394. The number of hydrogen-bond donors (Lipinski definition) is 1. The highest BCUT2D eigenvalue weighted by Gasteiger charge is 2.12. The van der Waals surface area contributed by atoms with Crippen molar-refractivity contribution < 1.29 is 9.26 Å². The molecule has 0 saturated heterocycles. The van der Waals surface area contributed by atoms with Crippen molar-refractivity contribution in [3.8, 4) is 17.1 Å². The van der Waals surface area contributed by atoms with E-state index in [4.69, 9.17) is 15.0 Å². The Labute approximate surface area is 113 Å². The summed E-state index contributed by atoms with van der Waals surface area (Å²) in [5.74, 6) is 2.16. The van der Waals surface area contributed by atoms with Crippen LogP contribution in [0.2, 0.25) is 0 Å². The normalized spacial score (nSPS) is 11.0. The molecule has 0 amide bonds. The molecule has 102 valence electrons. The monoisotopic (exact) mass is 260 g/mol. The van der Waals surface area contributed by atoms with E-state index in [9.17, 15) is 0 Å². The molecule has 0 bridgehead atoms. The smallest absolute Gasteiger partial charge is 0.170 e. The van der Waals surface area contributed by atoms with Gasteiger partial charge in [0.1, 0.15) is 11.4 Å². The van der Waals surface area contributed by atoms with Gasteiger partial charge in [0.2, 0.25) is 0 Å². The quantitative estimate of drug-likeness (QED) is 0.897. The van der Waals surface area contributed by atoms with Crippen LogP contribution in [0.25, 0.3) is 11.3 Å². The van der Waals surface area contributed by atoms with Crippen LogP contribution in [0.4, 0.5) is 0 Å². The summed E-state index contributed by atoms with van der Waals surface area (Å²) in [4.78, 5) is 0. The van der Waals surface area contributed by atoms with Crippen molar-refractivity contribution in [1.29, 1.82) is 0 Å². The molecular weight excluding hydrogens is 240 g/mol. The number of rotatable bonds is 5. The van der Waals surface area contributed by atoms with E-state index in [0.717, 1.165) is 34.9 Å². The molecule has 1 aromatic carbocycles. The maximum atomic E-state index is 5.65. The molecule has 0 unspecified atom stereocenters. The Balaban J connectivity index is 2.15. The maximum absolute atomic E-state index is 5.65. The van der Waals surface area contributed by atoms with Crippen molar-refractivity contribution in [3.05, 3.63) is 35.5 Å². The van der Waals surface area contributed by atoms with Crippen LogP contribution in [0.3, 0.4) is 0 Å².